The van der Waals surface area contributed by atoms with Gasteiger partial charge in [0.2, 0.25) is 0 Å². The van der Waals surface area contributed by atoms with E-state index in [9.17, 15) is 9.59 Å². The summed E-state index contributed by atoms with van der Waals surface area (Å²) in [6, 6.07) is 0. The third-order valence-electron chi connectivity index (χ3n) is 3.57. The third-order valence-corrected chi connectivity index (χ3v) is 3.57. The van der Waals surface area contributed by atoms with E-state index >= 15 is 0 Å². The van der Waals surface area contributed by atoms with Gasteiger partial charge in [-0.15, -0.1) is 0 Å². The van der Waals surface area contributed by atoms with Crippen molar-refractivity contribution >= 4 is 11.9 Å². The summed E-state index contributed by atoms with van der Waals surface area (Å²) in [5.74, 6) is -0.733. The van der Waals surface area contributed by atoms with Gasteiger partial charge >= 0.3 is 11.9 Å². The first-order chi connectivity index (χ1) is 7.17. The quantitative estimate of drug-likeness (QED) is 0.396. The van der Waals surface area contributed by atoms with E-state index in [2.05, 4.69) is 18.6 Å². The minimum atomic E-state index is -0.356. The highest BCUT2D eigenvalue weighted by Crippen LogP contribution is 2.40. The Kier molecular flexibility index (Phi) is 2.63. The second-order valence-corrected chi connectivity index (χ2v) is 4.31. The molecule has 0 saturated carbocycles. The predicted octanol–water partition coefficient (Wildman–Crippen LogP) is 2.07. The summed E-state index contributed by atoms with van der Waals surface area (Å²) in [6.45, 7) is 4.22. The van der Waals surface area contributed by atoms with Gasteiger partial charge in [-0.05, 0) is 25.2 Å². The Morgan fingerprint density at radius 3 is 2.67 bits per heavy atom. The number of esters is 2. The summed E-state index contributed by atoms with van der Waals surface area (Å²) < 4.78 is 4.67. The standard InChI is InChI=1S/C12H16O3/c1-3-7-5-9-10(6-8(7)4-2)12(14)15-11(9)13/h5,8-10H,3-4,6H2,1-2H3. The Bertz CT molecular complexity index is 330. The summed E-state index contributed by atoms with van der Waals surface area (Å²) in [6.07, 6.45) is 4.74. The molecular weight excluding hydrogens is 192 g/mol. The maximum absolute atomic E-state index is 11.4. The summed E-state index contributed by atoms with van der Waals surface area (Å²) in [5.41, 5.74) is 1.31. The van der Waals surface area contributed by atoms with E-state index in [1.54, 1.807) is 0 Å². The van der Waals surface area contributed by atoms with E-state index in [4.69, 9.17) is 0 Å². The van der Waals surface area contributed by atoms with Crippen molar-refractivity contribution < 1.29 is 14.3 Å². The van der Waals surface area contributed by atoms with E-state index in [0.29, 0.717) is 5.92 Å². The van der Waals surface area contributed by atoms with Crippen LogP contribution in [0.1, 0.15) is 33.1 Å². The molecule has 2 rings (SSSR count). The molecule has 1 saturated heterocycles. The number of hydrogen-bond acceptors (Lipinski definition) is 3. The van der Waals surface area contributed by atoms with Crippen LogP contribution in [0.15, 0.2) is 11.6 Å². The zero-order chi connectivity index (χ0) is 11.0. The van der Waals surface area contributed by atoms with Gasteiger partial charge in [0.1, 0.15) is 0 Å². The number of carbonyl (C=O) groups excluding carboxylic acids is 2. The van der Waals surface area contributed by atoms with Gasteiger partial charge in [0.05, 0.1) is 11.8 Å². The third kappa shape index (κ3) is 1.60. The van der Waals surface area contributed by atoms with Crippen LogP contribution in [0.25, 0.3) is 0 Å². The number of allylic oxidation sites excluding steroid dienone is 1. The molecule has 3 unspecified atom stereocenters. The van der Waals surface area contributed by atoms with E-state index in [-0.39, 0.29) is 23.8 Å². The van der Waals surface area contributed by atoms with Crippen LogP contribution >= 0.6 is 0 Å². The average Bonchev–Trinajstić information content (AvgIpc) is 2.52. The molecule has 0 aromatic heterocycles. The number of ether oxygens (including phenoxy) is 1. The molecule has 0 bridgehead atoms. The number of fused-ring (bicyclic) bond motifs is 1. The zero-order valence-electron chi connectivity index (χ0n) is 9.16. The Morgan fingerprint density at radius 2 is 2.07 bits per heavy atom. The fourth-order valence-corrected chi connectivity index (χ4v) is 2.64. The van der Waals surface area contributed by atoms with E-state index in [1.165, 1.54) is 5.57 Å². The molecule has 1 aliphatic heterocycles. The van der Waals surface area contributed by atoms with Gasteiger partial charge in [-0.3, -0.25) is 9.59 Å². The fourth-order valence-electron chi connectivity index (χ4n) is 2.64. The lowest BCUT2D eigenvalue weighted by Crippen LogP contribution is -2.25. The fraction of sp³-hybridized carbons (Fsp3) is 0.667. The number of carbonyl (C=O) groups is 2. The Balaban J connectivity index is 2.30. The molecule has 2 aliphatic rings. The van der Waals surface area contributed by atoms with Gasteiger partial charge in [0.25, 0.3) is 0 Å². The number of cyclic esters (lactones) is 2. The van der Waals surface area contributed by atoms with Crippen LogP contribution in [0.2, 0.25) is 0 Å². The maximum atomic E-state index is 11.4. The molecule has 0 amide bonds. The Labute approximate surface area is 89.5 Å². The minimum absolute atomic E-state index is 0.210. The van der Waals surface area contributed by atoms with Crippen LogP contribution in [-0.4, -0.2) is 11.9 Å². The van der Waals surface area contributed by atoms with Gasteiger partial charge in [-0.2, -0.15) is 0 Å². The Hall–Kier alpha value is -1.12. The molecule has 0 spiro atoms. The largest absolute Gasteiger partial charge is 0.392 e. The van der Waals surface area contributed by atoms with Crippen LogP contribution < -0.4 is 0 Å². The van der Waals surface area contributed by atoms with Gasteiger partial charge in [-0.1, -0.05) is 25.5 Å². The van der Waals surface area contributed by atoms with E-state index < -0.39 is 0 Å². The Morgan fingerprint density at radius 1 is 1.33 bits per heavy atom. The molecule has 15 heavy (non-hydrogen) atoms. The van der Waals surface area contributed by atoms with Crippen molar-refractivity contribution in [1.82, 2.24) is 0 Å². The molecular formula is C12H16O3. The topological polar surface area (TPSA) is 43.4 Å². The van der Waals surface area contributed by atoms with Crippen molar-refractivity contribution in [3.05, 3.63) is 11.6 Å². The lowest BCUT2D eigenvalue weighted by molar-refractivity contribution is -0.153. The molecule has 1 heterocycles. The summed E-state index contributed by atoms with van der Waals surface area (Å²) in [4.78, 5) is 22.8. The normalized spacial score (nSPS) is 34.8. The van der Waals surface area contributed by atoms with Crippen molar-refractivity contribution in [3.63, 3.8) is 0 Å². The minimum Gasteiger partial charge on any atom is -0.392 e. The highest BCUT2D eigenvalue weighted by atomic mass is 16.6. The van der Waals surface area contributed by atoms with Crippen molar-refractivity contribution in [2.45, 2.75) is 33.1 Å². The van der Waals surface area contributed by atoms with E-state index in [1.807, 2.05) is 6.08 Å². The lowest BCUT2D eigenvalue weighted by Gasteiger charge is -2.27. The van der Waals surface area contributed by atoms with Crippen LogP contribution in [0, 0.1) is 17.8 Å². The van der Waals surface area contributed by atoms with Crippen molar-refractivity contribution in [2.24, 2.45) is 17.8 Å². The smallest absolute Gasteiger partial charge is 0.321 e. The summed E-state index contributed by atoms with van der Waals surface area (Å²) >= 11 is 0. The zero-order valence-corrected chi connectivity index (χ0v) is 9.16. The molecule has 0 radical (unpaired) electrons. The van der Waals surface area contributed by atoms with Crippen LogP contribution in [0.5, 0.6) is 0 Å². The first-order valence-corrected chi connectivity index (χ1v) is 5.63. The van der Waals surface area contributed by atoms with Gasteiger partial charge < -0.3 is 4.74 Å². The predicted molar refractivity (Wildman–Crippen MR) is 54.9 cm³/mol. The second-order valence-electron chi connectivity index (χ2n) is 4.31. The monoisotopic (exact) mass is 208 g/mol. The van der Waals surface area contributed by atoms with E-state index in [0.717, 1.165) is 19.3 Å². The first kappa shape index (κ1) is 10.4. The first-order valence-electron chi connectivity index (χ1n) is 5.63. The van der Waals surface area contributed by atoms with Crippen LogP contribution in [0.4, 0.5) is 0 Å². The van der Waals surface area contributed by atoms with Crippen molar-refractivity contribution in [1.29, 1.82) is 0 Å². The molecule has 3 heteroatoms. The average molecular weight is 208 g/mol. The number of hydrogen-bond donors (Lipinski definition) is 0. The summed E-state index contributed by atoms with van der Waals surface area (Å²) in [5, 5.41) is 0. The molecule has 82 valence electrons. The van der Waals surface area contributed by atoms with Gasteiger partial charge in [0, 0.05) is 0 Å². The molecule has 1 fully saturated rings. The molecule has 3 atom stereocenters. The molecule has 0 N–H and O–H groups in total. The van der Waals surface area contributed by atoms with Crippen molar-refractivity contribution in [3.8, 4) is 0 Å². The van der Waals surface area contributed by atoms with Gasteiger partial charge in [0.15, 0.2) is 0 Å². The molecule has 3 nitrogen and oxygen atoms in total. The molecule has 0 aromatic carbocycles. The van der Waals surface area contributed by atoms with Crippen molar-refractivity contribution in [2.75, 3.05) is 0 Å². The van der Waals surface area contributed by atoms with Crippen LogP contribution in [-0.2, 0) is 14.3 Å². The lowest BCUT2D eigenvalue weighted by atomic mass is 9.74. The van der Waals surface area contributed by atoms with Crippen LogP contribution in [0.3, 0.4) is 0 Å². The SMILES string of the molecule is CCC1=CC2C(=O)OC(=O)C2CC1CC. The molecule has 1 aliphatic carbocycles. The second kappa shape index (κ2) is 3.80. The highest BCUT2D eigenvalue weighted by molar-refractivity contribution is 5.97. The van der Waals surface area contributed by atoms with Gasteiger partial charge in [-0.25, -0.2) is 0 Å². The number of rotatable bonds is 2. The molecule has 0 aromatic rings. The maximum Gasteiger partial charge on any atom is 0.321 e. The highest BCUT2D eigenvalue weighted by Gasteiger charge is 2.46. The summed E-state index contributed by atoms with van der Waals surface area (Å²) in [7, 11) is 0.